The summed E-state index contributed by atoms with van der Waals surface area (Å²) in [4.78, 5) is 10.5. The molecule has 0 saturated heterocycles. The van der Waals surface area contributed by atoms with Crippen LogP contribution >= 0.6 is 0 Å². The third kappa shape index (κ3) is 5.15. The van der Waals surface area contributed by atoms with Crippen LogP contribution in [0.3, 0.4) is 0 Å². The predicted octanol–water partition coefficient (Wildman–Crippen LogP) is 1.63. The van der Waals surface area contributed by atoms with E-state index >= 15 is 0 Å². The second-order valence-electron chi connectivity index (χ2n) is 3.66. The monoisotopic (exact) mass is 208 g/mol. The first kappa shape index (κ1) is 11.7. The summed E-state index contributed by atoms with van der Waals surface area (Å²) in [5.74, 6) is -0.196. The average molecular weight is 208 g/mol. The molecule has 0 saturated carbocycles. The van der Waals surface area contributed by atoms with Gasteiger partial charge in [-0.3, -0.25) is 4.79 Å². The highest BCUT2D eigenvalue weighted by Crippen LogP contribution is 1.93. The van der Waals surface area contributed by atoms with Crippen molar-refractivity contribution in [2.24, 2.45) is 0 Å². The number of unbranched alkanes of at least 4 members (excludes halogenated alkanes) is 1. The topological polar surface area (TPSA) is 30.2 Å². The lowest BCUT2D eigenvalue weighted by atomic mass is 10.3. The van der Waals surface area contributed by atoms with Crippen molar-refractivity contribution in [3.05, 3.63) is 30.1 Å². The van der Waals surface area contributed by atoms with Crippen LogP contribution in [0.5, 0.6) is 0 Å². The number of hydrogen-bond donors (Lipinski definition) is 0. The summed E-state index contributed by atoms with van der Waals surface area (Å²) in [5.41, 5.74) is 1.27. The first-order chi connectivity index (χ1) is 7.18. The zero-order valence-electron chi connectivity index (χ0n) is 9.40. The molecular formula is C12H18NO2+. The first-order valence-corrected chi connectivity index (χ1v) is 5.27. The van der Waals surface area contributed by atoms with E-state index in [4.69, 9.17) is 4.74 Å². The van der Waals surface area contributed by atoms with Crippen molar-refractivity contribution in [1.29, 1.82) is 0 Å². The number of aromatic nitrogens is 1. The standard InChI is InChI=1S/C12H18NO2/c1-11-5-8-13(9-6-11)7-3-4-10-15-12(2)14/h5-6,8-9H,3-4,7,10H2,1-2H3/q+1. The fourth-order valence-corrected chi connectivity index (χ4v) is 1.29. The summed E-state index contributed by atoms with van der Waals surface area (Å²) in [6.45, 7) is 5.02. The molecule has 0 unspecified atom stereocenters. The molecular weight excluding hydrogens is 190 g/mol. The minimum absolute atomic E-state index is 0.196. The van der Waals surface area contributed by atoms with Crippen LogP contribution in [0.2, 0.25) is 0 Å². The van der Waals surface area contributed by atoms with Crippen molar-refractivity contribution >= 4 is 5.97 Å². The molecule has 15 heavy (non-hydrogen) atoms. The van der Waals surface area contributed by atoms with Gasteiger partial charge in [-0.1, -0.05) is 0 Å². The molecule has 0 aliphatic carbocycles. The Bertz CT molecular complexity index is 306. The Kier molecular flexibility index (Phi) is 4.81. The SMILES string of the molecule is CC(=O)OCCCC[n+]1ccc(C)cc1. The van der Waals surface area contributed by atoms with Crippen molar-refractivity contribution in [1.82, 2.24) is 0 Å². The number of pyridine rings is 1. The van der Waals surface area contributed by atoms with Gasteiger partial charge in [0.1, 0.15) is 6.54 Å². The van der Waals surface area contributed by atoms with Gasteiger partial charge >= 0.3 is 5.97 Å². The van der Waals surface area contributed by atoms with Gasteiger partial charge in [0.15, 0.2) is 12.4 Å². The number of nitrogens with zero attached hydrogens (tertiary/aromatic N) is 1. The minimum Gasteiger partial charge on any atom is -0.466 e. The van der Waals surface area contributed by atoms with Gasteiger partial charge in [-0.2, -0.15) is 0 Å². The van der Waals surface area contributed by atoms with E-state index in [1.807, 2.05) is 0 Å². The maximum Gasteiger partial charge on any atom is 0.302 e. The number of ether oxygens (including phenoxy) is 1. The van der Waals surface area contributed by atoms with Gasteiger partial charge in [0.25, 0.3) is 0 Å². The van der Waals surface area contributed by atoms with Crippen LogP contribution in [0.25, 0.3) is 0 Å². The van der Waals surface area contributed by atoms with Gasteiger partial charge in [-0.25, -0.2) is 4.57 Å². The molecule has 3 heteroatoms. The summed E-state index contributed by atoms with van der Waals surface area (Å²) in [7, 11) is 0. The Morgan fingerprint density at radius 1 is 1.33 bits per heavy atom. The Morgan fingerprint density at radius 3 is 2.60 bits per heavy atom. The van der Waals surface area contributed by atoms with Crippen LogP contribution in [-0.4, -0.2) is 12.6 Å². The molecule has 0 N–H and O–H groups in total. The molecule has 0 fully saturated rings. The highest BCUT2D eigenvalue weighted by Gasteiger charge is 1.99. The Labute approximate surface area is 90.7 Å². The van der Waals surface area contributed by atoms with Gasteiger partial charge in [0, 0.05) is 25.5 Å². The fourth-order valence-electron chi connectivity index (χ4n) is 1.29. The molecule has 0 aromatic carbocycles. The van der Waals surface area contributed by atoms with Crippen molar-refractivity contribution < 1.29 is 14.1 Å². The number of hydrogen-bond acceptors (Lipinski definition) is 2. The van der Waals surface area contributed by atoms with E-state index in [2.05, 4.69) is 36.0 Å². The summed E-state index contributed by atoms with van der Waals surface area (Å²) in [6.07, 6.45) is 6.09. The highest BCUT2D eigenvalue weighted by molar-refractivity contribution is 5.65. The molecule has 1 heterocycles. The molecule has 0 aliphatic rings. The Morgan fingerprint density at radius 2 is 2.00 bits per heavy atom. The van der Waals surface area contributed by atoms with Crippen molar-refractivity contribution in [3.63, 3.8) is 0 Å². The lowest BCUT2D eigenvalue weighted by Crippen LogP contribution is -2.32. The summed E-state index contributed by atoms with van der Waals surface area (Å²) in [6, 6.07) is 4.18. The molecule has 0 bridgehead atoms. The van der Waals surface area contributed by atoms with Crippen molar-refractivity contribution in [2.45, 2.75) is 33.2 Å². The molecule has 0 spiro atoms. The maximum atomic E-state index is 10.5. The number of aryl methyl sites for hydroxylation is 2. The van der Waals surface area contributed by atoms with Gasteiger partial charge in [0.2, 0.25) is 0 Å². The smallest absolute Gasteiger partial charge is 0.302 e. The van der Waals surface area contributed by atoms with Crippen LogP contribution in [-0.2, 0) is 16.1 Å². The van der Waals surface area contributed by atoms with E-state index in [0.29, 0.717) is 6.61 Å². The third-order valence-corrected chi connectivity index (χ3v) is 2.17. The zero-order valence-corrected chi connectivity index (χ0v) is 9.40. The molecule has 1 rings (SSSR count). The van der Waals surface area contributed by atoms with Crippen LogP contribution < -0.4 is 4.57 Å². The van der Waals surface area contributed by atoms with E-state index in [1.165, 1.54) is 12.5 Å². The van der Waals surface area contributed by atoms with E-state index in [0.717, 1.165) is 19.4 Å². The van der Waals surface area contributed by atoms with E-state index < -0.39 is 0 Å². The van der Waals surface area contributed by atoms with Crippen LogP contribution in [0.1, 0.15) is 25.3 Å². The van der Waals surface area contributed by atoms with Crippen molar-refractivity contribution in [3.8, 4) is 0 Å². The molecule has 1 aromatic rings. The second kappa shape index (κ2) is 6.17. The van der Waals surface area contributed by atoms with E-state index in [-0.39, 0.29) is 5.97 Å². The highest BCUT2D eigenvalue weighted by atomic mass is 16.5. The van der Waals surface area contributed by atoms with E-state index in [9.17, 15) is 4.79 Å². The van der Waals surface area contributed by atoms with E-state index in [1.54, 1.807) is 0 Å². The summed E-state index contributed by atoms with van der Waals surface area (Å²) in [5, 5.41) is 0. The van der Waals surface area contributed by atoms with Gasteiger partial charge < -0.3 is 4.74 Å². The average Bonchev–Trinajstić information content (AvgIpc) is 2.20. The van der Waals surface area contributed by atoms with Crippen molar-refractivity contribution in [2.75, 3.05) is 6.61 Å². The molecule has 0 radical (unpaired) electrons. The third-order valence-electron chi connectivity index (χ3n) is 2.17. The summed E-state index contributed by atoms with van der Waals surface area (Å²) >= 11 is 0. The first-order valence-electron chi connectivity index (χ1n) is 5.27. The predicted molar refractivity (Wildman–Crippen MR) is 57.2 cm³/mol. The normalized spacial score (nSPS) is 10.0. The van der Waals surface area contributed by atoms with Crippen LogP contribution in [0.4, 0.5) is 0 Å². The van der Waals surface area contributed by atoms with Crippen LogP contribution in [0, 0.1) is 6.92 Å². The zero-order chi connectivity index (χ0) is 11.1. The molecule has 82 valence electrons. The molecule has 0 amide bonds. The lowest BCUT2D eigenvalue weighted by molar-refractivity contribution is -0.697. The minimum atomic E-state index is -0.196. The molecule has 3 nitrogen and oxygen atoms in total. The number of carbonyl (C=O) groups excluding carboxylic acids is 1. The number of carbonyl (C=O) groups is 1. The van der Waals surface area contributed by atoms with Gasteiger partial charge in [-0.15, -0.1) is 0 Å². The van der Waals surface area contributed by atoms with Crippen LogP contribution in [0.15, 0.2) is 24.5 Å². The maximum absolute atomic E-state index is 10.5. The largest absolute Gasteiger partial charge is 0.466 e. The second-order valence-corrected chi connectivity index (χ2v) is 3.66. The quantitative estimate of drug-likeness (QED) is 0.418. The van der Waals surface area contributed by atoms with Gasteiger partial charge in [0.05, 0.1) is 6.61 Å². The molecule has 0 atom stereocenters. The Balaban J connectivity index is 2.15. The number of esters is 1. The fraction of sp³-hybridized carbons (Fsp3) is 0.500. The molecule has 0 aliphatic heterocycles. The Hall–Kier alpha value is -1.38. The lowest BCUT2D eigenvalue weighted by Gasteiger charge is -2.00. The summed E-state index contributed by atoms with van der Waals surface area (Å²) < 4.78 is 6.99. The van der Waals surface area contributed by atoms with Gasteiger partial charge in [-0.05, 0) is 18.9 Å². The number of rotatable bonds is 5. The molecule has 1 aromatic heterocycles.